The van der Waals surface area contributed by atoms with E-state index in [2.05, 4.69) is 9.82 Å². The molecule has 1 aromatic heterocycles. The van der Waals surface area contributed by atoms with Crippen molar-refractivity contribution in [3.63, 3.8) is 0 Å². The third-order valence-electron chi connectivity index (χ3n) is 4.51. The predicted octanol–water partition coefficient (Wildman–Crippen LogP) is 3.42. The standard InChI is InChI=1S/C21H19N5O2S/c1-14-12-20(26(24-14)17-9-4-8-16(13-17)21(22)23)29(27,28)25-19-11-5-7-15-6-2-3-10-18(15)19/h2-13,25H,1H3,(H3,22,23). The van der Waals surface area contributed by atoms with Crippen molar-refractivity contribution in [2.75, 3.05) is 4.72 Å². The van der Waals surface area contributed by atoms with E-state index in [9.17, 15) is 8.42 Å². The summed E-state index contributed by atoms with van der Waals surface area (Å²) in [5.41, 5.74) is 7.60. The van der Waals surface area contributed by atoms with Crippen molar-refractivity contribution in [3.05, 3.63) is 84.1 Å². The van der Waals surface area contributed by atoms with Gasteiger partial charge in [-0.05, 0) is 30.5 Å². The molecule has 4 rings (SSSR count). The first-order chi connectivity index (χ1) is 13.8. The number of nitrogen functional groups attached to an aromatic ring is 1. The van der Waals surface area contributed by atoms with Gasteiger partial charge in [0.1, 0.15) is 5.84 Å². The molecule has 0 aliphatic heterocycles. The number of fused-ring (bicyclic) bond motifs is 1. The number of aryl methyl sites for hydroxylation is 1. The van der Waals surface area contributed by atoms with E-state index >= 15 is 0 Å². The van der Waals surface area contributed by atoms with Crippen LogP contribution in [0.2, 0.25) is 0 Å². The Kier molecular flexibility index (Phi) is 4.56. The minimum atomic E-state index is -3.93. The van der Waals surface area contributed by atoms with Crippen LogP contribution in [0.25, 0.3) is 16.5 Å². The van der Waals surface area contributed by atoms with E-state index < -0.39 is 10.0 Å². The van der Waals surface area contributed by atoms with Crippen molar-refractivity contribution in [2.24, 2.45) is 5.73 Å². The molecule has 0 atom stereocenters. The zero-order valence-corrected chi connectivity index (χ0v) is 16.4. The van der Waals surface area contributed by atoms with E-state index in [1.165, 1.54) is 10.7 Å². The fourth-order valence-corrected chi connectivity index (χ4v) is 4.44. The molecule has 0 fully saturated rings. The summed E-state index contributed by atoms with van der Waals surface area (Å²) in [6.45, 7) is 1.72. The number of nitrogens with one attached hydrogen (secondary N) is 2. The summed E-state index contributed by atoms with van der Waals surface area (Å²) >= 11 is 0. The fraction of sp³-hybridized carbons (Fsp3) is 0.0476. The Labute approximate surface area is 168 Å². The summed E-state index contributed by atoms with van der Waals surface area (Å²) in [7, 11) is -3.93. The molecule has 0 saturated carbocycles. The lowest BCUT2D eigenvalue weighted by Gasteiger charge is -2.13. The maximum Gasteiger partial charge on any atom is 0.279 e. The molecular formula is C21H19N5O2S. The van der Waals surface area contributed by atoms with E-state index in [1.54, 1.807) is 43.3 Å². The average Bonchev–Trinajstić information content (AvgIpc) is 3.11. The molecule has 7 nitrogen and oxygen atoms in total. The number of amidine groups is 1. The van der Waals surface area contributed by atoms with E-state index in [1.807, 2.05) is 30.3 Å². The molecule has 4 aromatic rings. The van der Waals surface area contributed by atoms with Crippen molar-refractivity contribution in [2.45, 2.75) is 11.9 Å². The summed E-state index contributed by atoms with van der Waals surface area (Å²) in [6.07, 6.45) is 0. The first-order valence-corrected chi connectivity index (χ1v) is 10.4. The number of hydrogen-bond acceptors (Lipinski definition) is 4. The number of rotatable bonds is 5. The molecular weight excluding hydrogens is 386 g/mol. The van der Waals surface area contributed by atoms with E-state index in [4.69, 9.17) is 11.1 Å². The fourth-order valence-electron chi connectivity index (χ4n) is 3.17. The van der Waals surface area contributed by atoms with Gasteiger partial charge >= 0.3 is 0 Å². The van der Waals surface area contributed by atoms with Crippen molar-refractivity contribution < 1.29 is 8.42 Å². The van der Waals surface area contributed by atoms with Crippen LogP contribution in [0.5, 0.6) is 0 Å². The topological polar surface area (TPSA) is 114 Å². The Hall–Kier alpha value is -3.65. The minimum Gasteiger partial charge on any atom is -0.384 e. The van der Waals surface area contributed by atoms with Crippen molar-refractivity contribution in [1.29, 1.82) is 5.41 Å². The normalized spacial score (nSPS) is 11.5. The second kappa shape index (κ2) is 7.06. The number of anilines is 1. The molecule has 0 amide bonds. The van der Waals surface area contributed by atoms with E-state index in [-0.39, 0.29) is 10.9 Å². The Morgan fingerprint density at radius 1 is 1.03 bits per heavy atom. The highest BCUT2D eigenvalue weighted by Gasteiger charge is 2.23. The summed E-state index contributed by atoms with van der Waals surface area (Å²) in [4.78, 5) is 0. The third kappa shape index (κ3) is 3.57. The molecule has 0 saturated heterocycles. The zero-order valence-electron chi connectivity index (χ0n) is 15.6. The summed E-state index contributed by atoms with van der Waals surface area (Å²) < 4.78 is 30.5. The lowest BCUT2D eigenvalue weighted by molar-refractivity contribution is 0.591. The van der Waals surface area contributed by atoms with Gasteiger partial charge in [0.2, 0.25) is 0 Å². The molecule has 29 heavy (non-hydrogen) atoms. The van der Waals surface area contributed by atoms with Crippen LogP contribution in [0.4, 0.5) is 5.69 Å². The van der Waals surface area contributed by atoms with Crippen molar-refractivity contribution in [3.8, 4) is 5.69 Å². The van der Waals surface area contributed by atoms with Gasteiger partial charge < -0.3 is 5.73 Å². The number of nitrogens with zero attached hydrogens (tertiary/aromatic N) is 2. The van der Waals surface area contributed by atoms with Crippen molar-refractivity contribution >= 4 is 32.3 Å². The summed E-state index contributed by atoms with van der Waals surface area (Å²) in [5, 5.41) is 13.7. The molecule has 8 heteroatoms. The van der Waals surface area contributed by atoms with Gasteiger partial charge in [-0.3, -0.25) is 10.1 Å². The number of sulfonamides is 1. The molecule has 0 bridgehead atoms. The lowest BCUT2D eigenvalue weighted by Crippen LogP contribution is -2.18. The second-order valence-corrected chi connectivity index (χ2v) is 8.26. The number of aromatic nitrogens is 2. The zero-order chi connectivity index (χ0) is 20.6. The Morgan fingerprint density at radius 3 is 2.55 bits per heavy atom. The van der Waals surface area contributed by atoms with E-state index in [0.29, 0.717) is 22.6 Å². The number of benzene rings is 3. The molecule has 0 unspecified atom stereocenters. The van der Waals surface area contributed by atoms with Crippen molar-refractivity contribution in [1.82, 2.24) is 9.78 Å². The molecule has 0 spiro atoms. The van der Waals surface area contributed by atoms with Gasteiger partial charge in [0.15, 0.2) is 5.03 Å². The molecule has 0 aliphatic carbocycles. The Bertz CT molecular complexity index is 1340. The molecule has 0 radical (unpaired) electrons. The summed E-state index contributed by atoms with van der Waals surface area (Å²) in [5.74, 6) is -0.103. The van der Waals surface area contributed by atoms with Gasteiger partial charge in [-0.2, -0.15) is 13.5 Å². The molecule has 3 aromatic carbocycles. The largest absolute Gasteiger partial charge is 0.384 e. The van der Waals surface area contributed by atoms with Gasteiger partial charge in [0.25, 0.3) is 10.0 Å². The van der Waals surface area contributed by atoms with Crippen LogP contribution in [0, 0.1) is 12.3 Å². The van der Waals surface area contributed by atoms with Crippen LogP contribution in [0.15, 0.2) is 77.8 Å². The Morgan fingerprint density at radius 2 is 1.76 bits per heavy atom. The van der Waals surface area contributed by atoms with E-state index in [0.717, 1.165) is 10.8 Å². The number of nitrogens with two attached hydrogens (primary N) is 1. The van der Waals surface area contributed by atoms with Crippen LogP contribution in [0.1, 0.15) is 11.3 Å². The highest BCUT2D eigenvalue weighted by molar-refractivity contribution is 7.92. The van der Waals surface area contributed by atoms with Crippen LogP contribution >= 0.6 is 0 Å². The predicted molar refractivity (Wildman–Crippen MR) is 114 cm³/mol. The van der Waals surface area contributed by atoms with Gasteiger partial charge in [-0.1, -0.05) is 48.5 Å². The minimum absolute atomic E-state index is 0.00337. The van der Waals surface area contributed by atoms with Crippen LogP contribution in [-0.2, 0) is 10.0 Å². The Balaban J connectivity index is 1.81. The first-order valence-electron chi connectivity index (χ1n) is 8.87. The maximum absolute atomic E-state index is 13.2. The molecule has 146 valence electrons. The lowest BCUT2D eigenvalue weighted by atomic mass is 10.1. The average molecular weight is 405 g/mol. The summed E-state index contributed by atoms with van der Waals surface area (Å²) in [6, 6.07) is 21.3. The maximum atomic E-state index is 13.2. The quantitative estimate of drug-likeness (QED) is 0.349. The van der Waals surface area contributed by atoms with Crippen LogP contribution in [0.3, 0.4) is 0 Å². The highest BCUT2D eigenvalue weighted by atomic mass is 32.2. The molecule has 0 aliphatic rings. The van der Waals surface area contributed by atoms with Gasteiger partial charge in [0, 0.05) is 17.0 Å². The van der Waals surface area contributed by atoms with Gasteiger partial charge in [0.05, 0.1) is 17.1 Å². The van der Waals surface area contributed by atoms with Crippen LogP contribution < -0.4 is 10.5 Å². The third-order valence-corrected chi connectivity index (χ3v) is 5.84. The molecule has 1 heterocycles. The smallest absolute Gasteiger partial charge is 0.279 e. The first kappa shape index (κ1) is 18.7. The SMILES string of the molecule is Cc1cc(S(=O)(=O)Nc2cccc3ccccc23)n(-c2cccc(C(=N)N)c2)n1. The monoisotopic (exact) mass is 405 g/mol. The van der Waals surface area contributed by atoms with Gasteiger partial charge in [-0.25, -0.2) is 4.68 Å². The van der Waals surface area contributed by atoms with Gasteiger partial charge in [-0.15, -0.1) is 0 Å². The number of hydrogen-bond donors (Lipinski definition) is 3. The highest BCUT2D eigenvalue weighted by Crippen LogP contribution is 2.27. The molecule has 4 N–H and O–H groups in total. The van der Waals surface area contributed by atoms with Crippen LogP contribution in [-0.4, -0.2) is 24.0 Å². The second-order valence-electron chi connectivity index (χ2n) is 6.63.